The molecule has 2 rings (SSSR count). The van der Waals surface area contributed by atoms with Crippen molar-refractivity contribution in [1.82, 2.24) is 10.2 Å². The molecule has 2 heteroatoms. The topological polar surface area (TPSA) is 15.3 Å². The van der Waals surface area contributed by atoms with E-state index in [-0.39, 0.29) is 0 Å². The molecule has 1 unspecified atom stereocenters. The predicted molar refractivity (Wildman–Crippen MR) is 88.1 cm³/mol. The second-order valence-electron chi connectivity index (χ2n) is 8.63. The summed E-state index contributed by atoms with van der Waals surface area (Å²) in [5.41, 5.74) is 1.02. The highest BCUT2D eigenvalue weighted by Crippen LogP contribution is 2.37. The van der Waals surface area contributed by atoms with Crippen LogP contribution in [-0.2, 0) is 0 Å². The lowest BCUT2D eigenvalue weighted by Crippen LogP contribution is -2.46. The van der Waals surface area contributed by atoms with Crippen molar-refractivity contribution in [2.24, 2.45) is 10.8 Å². The number of rotatable bonds is 7. The highest BCUT2D eigenvalue weighted by atomic mass is 15.1. The summed E-state index contributed by atoms with van der Waals surface area (Å²) >= 11 is 0. The van der Waals surface area contributed by atoms with E-state index < -0.39 is 0 Å². The third kappa shape index (κ3) is 4.73. The highest BCUT2D eigenvalue weighted by molar-refractivity contribution is 4.89. The molecule has 2 aliphatic rings. The van der Waals surface area contributed by atoms with Crippen LogP contribution in [0.3, 0.4) is 0 Å². The van der Waals surface area contributed by atoms with Crippen LogP contribution in [0, 0.1) is 10.8 Å². The van der Waals surface area contributed by atoms with E-state index in [9.17, 15) is 0 Å². The smallest absolute Gasteiger partial charge is 0.00928 e. The first-order valence-corrected chi connectivity index (χ1v) is 8.77. The van der Waals surface area contributed by atoms with Crippen molar-refractivity contribution in [3.8, 4) is 0 Å². The molecule has 0 bridgehead atoms. The lowest BCUT2D eigenvalue weighted by atomic mass is 9.75. The molecule has 0 spiro atoms. The van der Waals surface area contributed by atoms with Crippen LogP contribution < -0.4 is 5.32 Å². The van der Waals surface area contributed by atoms with Crippen molar-refractivity contribution in [2.75, 3.05) is 20.1 Å². The van der Waals surface area contributed by atoms with Crippen LogP contribution in [0.25, 0.3) is 0 Å². The van der Waals surface area contributed by atoms with Crippen LogP contribution in [0.2, 0.25) is 0 Å². The quantitative estimate of drug-likeness (QED) is 0.756. The number of hydrogen-bond acceptors (Lipinski definition) is 2. The molecule has 2 fully saturated rings. The molecule has 0 radical (unpaired) electrons. The molecule has 1 atom stereocenters. The van der Waals surface area contributed by atoms with E-state index in [1.165, 1.54) is 58.0 Å². The zero-order valence-corrected chi connectivity index (χ0v) is 14.5. The molecular weight excluding hydrogens is 244 g/mol. The Morgan fingerprint density at radius 2 is 1.75 bits per heavy atom. The van der Waals surface area contributed by atoms with Gasteiger partial charge in [0.2, 0.25) is 0 Å². The number of nitrogens with one attached hydrogen (secondary N) is 1. The molecule has 0 heterocycles. The molecular formula is C18H36N2. The van der Waals surface area contributed by atoms with Crippen LogP contribution in [-0.4, -0.2) is 37.1 Å². The molecule has 0 aliphatic heterocycles. The van der Waals surface area contributed by atoms with Crippen molar-refractivity contribution in [3.05, 3.63) is 0 Å². The maximum absolute atomic E-state index is 3.74. The molecule has 0 aromatic carbocycles. The number of nitrogens with zero attached hydrogens (tertiary/aromatic N) is 1. The molecule has 0 amide bonds. The van der Waals surface area contributed by atoms with Gasteiger partial charge in [-0.3, -0.25) is 0 Å². The number of hydrogen-bond donors (Lipinski definition) is 1. The Bertz CT molecular complexity index is 299. The van der Waals surface area contributed by atoms with E-state index in [1.807, 2.05) is 0 Å². The lowest BCUT2D eigenvalue weighted by molar-refractivity contribution is 0.0870. The van der Waals surface area contributed by atoms with Crippen LogP contribution in [0.1, 0.15) is 72.6 Å². The Morgan fingerprint density at radius 1 is 1.15 bits per heavy atom. The molecule has 0 aromatic rings. The SMILES string of the molecule is CCC(C)(CNC1CC1)CN(C)C1CCC(C)(C)CC1. The molecule has 1 N–H and O–H groups in total. The van der Waals surface area contributed by atoms with E-state index in [0.29, 0.717) is 10.8 Å². The average molecular weight is 280 g/mol. The second-order valence-corrected chi connectivity index (χ2v) is 8.63. The Kier molecular flexibility index (Phi) is 5.18. The summed E-state index contributed by atoms with van der Waals surface area (Å²) in [6, 6.07) is 1.65. The van der Waals surface area contributed by atoms with Crippen LogP contribution in [0.5, 0.6) is 0 Å². The molecule has 2 saturated carbocycles. The zero-order chi connectivity index (χ0) is 14.8. The summed E-state index contributed by atoms with van der Waals surface area (Å²) in [7, 11) is 2.36. The summed E-state index contributed by atoms with van der Waals surface area (Å²) < 4.78 is 0. The maximum atomic E-state index is 3.74. The van der Waals surface area contributed by atoms with Crippen molar-refractivity contribution in [1.29, 1.82) is 0 Å². The minimum absolute atomic E-state index is 0.435. The van der Waals surface area contributed by atoms with Crippen LogP contribution >= 0.6 is 0 Å². The molecule has 2 aliphatic carbocycles. The van der Waals surface area contributed by atoms with Crippen LogP contribution in [0.15, 0.2) is 0 Å². The minimum Gasteiger partial charge on any atom is -0.313 e. The van der Waals surface area contributed by atoms with Gasteiger partial charge in [-0.1, -0.05) is 27.7 Å². The normalized spacial score (nSPS) is 26.7. The van der Waals surface area contributed by atoms with Gasteiger partial charge in [0, 0.05) is 25.2 Å². The van der Waals surface area contributed by atoms with E-state index in [4.69, 9.17) is 0 Å². The average Bonchev–Trinajstić information content (AvgIpc) is 3.20. The van der Waals surface area contributed by atoms with Gasteiger partial charge in [-0.2, -0.15) is 0 Å². The summed E-state index contributed by atoms with van der Waals surface area (Å²) in [5, 5.41) is 3.74. The standard InChI is InChI=1S/C18H36N2/c1-6-18(4,13-19-15-7-8-15)14-20(5)16-9-11-17(2,3)12-10-16/h15-16,19H,6-14H2,1-5H3. The largest absolute Gasteiger partial charge is 0.313 e. The third-order valence-electron chi connectivity index (χ3n) is 5.81. The second kappa shape index (κ2) is 6.36. The molecule has 2 nitrogen and oxygen atoms in total. The Hall–Kier alpha value is -0.0800. The molecule has 118 valence electrons. The van der Waals surface area contributed by atoms with Crippen molar-refractivity contribution >= 4 is 0 Å². The van der Waals surface area contributed by atoms with Gasteiger partial charge >= 0.3 is 0 Å². The van der Waals surface area contributed by atoms with Crippen molar-refractivity contribution < 1.29 is 0 Å². The van der Waals surface area contributed by atoms with Gasteiger partial charge in [0.15, 0.2) is 0 Å². The fraction of sp³-hybridized carbons (Fsp3) is 1.00. The van der Waals surface area contributed by atoms with Gasteiger partial charge in [0.05, 0.1) is 0 Å². The van der Waals surface area contributed by atoms with Crippen molar-refractivity contribution in [2.45, 2.75) is 84.7 Å². The van der Waals surface area contributed by atoms with Gasteiger partial charge in [-0.15, -0.1) is 0 Å². The zero-order valence-electron chi connectivity index (χ0n) is 14.5. The van der Waals surface area contributed by atoms with E-state index in [0.717, 1.165) is 12.1 Å². The van der Waals surface area contributed by atoms with Crippen molar-refractivity contribution in [3.63, 3.8) is 0 Å². The van der Waals surface area contributed by atoms with Gasteiger partial charge in [-0.05, 0) is 62.8 Å². The first-order valence-electron chi connectivity index (χ1n) is 8.77. The third-order valence-corrected chi connectivity index (χ3v) is 5.81. The molecule has 0 aromatic heterocycles. The molecule has 20 heavy (non-hydrogen) atoms. The Morgan fingerprint density at radius 3 is 2.25 bits per heavy atom. The van der Waals surface area contributed by atoms with Gasteiger partial charge < -0.3 is 10.2 Å². The predicted octanol–water partition coefficient (Wildman–Crippen LogP) is 4.06. The van der Waals surface area contributed by atoms with Gasteiger partial charge in [-0.25, -0.2) is 0 Å². The first kappa shape index (κ1) is 16.3. The first-order chi connectivity index (χ1) is 9.34. The Balaban J connectivity index is 1.80. The summed E-state index contributed by atoms with van der Waals surface area (Å²) in [6.45, 7) is 12.1. The van der Waals surface area contributed by atoms with E-state index >= 15 is 0 Å². The monoisotopic (exact) mass is 280 g/mol. The van der Waals surface area contributed by atoms with Gasteiger partial charge in [0.25, 0.3) is 0 Å². The van der Waals surface area contributed by atoms with Crippen LogP contribution in [0.4, 0.5) is 0 Å². The summed E-state index contributed by atoms with van der Waals surface area (Å²) in [5.74, 6) is 0. The van der Waals surface area contributed by atoms with E-state index in [2.05, 4.69) is 45.0 Å². The minimum atomic E-state index is 0.435. The maximum Gasteiger partial charge on any atom is 0.00928 e. The molecule has 0 saturated heterocycles. The Labute approximate surface area is 126 Å². The summed E-state index contributed by atoms with van der Waals surface area (Å²) in [4.78, 5) is 2.66. The summed E-state index contributed by atoms with van der Waals surface area (Å²) in [6.07, 6.45) is 9.63. The highest BCUT2D eigenvalue weighted by Gasteiger charge is 2.33. The lowest BCUT2D eigenvalue weighted by Gasteiger charge is -2.42. The fourth-order valence-electron chi connectivity index (χ4n) is 3.53. The fourth-order valence-corrected chi connectivity index (χ4v) is 3.53. The van der Waals surface area contributed by atoms with E-state index in [1.54, 1.807) is 0 Å². The van der Waals surface area contributed by atoms with Gasteiger partial charge in [0.1, 0.15) is 0 Å².